The molecule has 0 spiro atoms. The van der Waals surface area contributed by atoms with Crippen LogP contribution in [0.1, 0.15) is 245 Å². The molecular weight excluding hydrogens is 954 g/mol. The first-order valence-electron chi connectivity index (χ1n) is 30.0. The quantitative estimate of drug-likeness (QED) is 0.0264. The zero-order valence-corrected chi connectivity index (χ0v) is 48.6. The molecule has 3 N–H and O–H groups in total. The van der Waals surface area contributed by atoms with E-state index in [1.54, 1.807) is 0 Å². The van der Waals surface area contributed by atoms with Crippen LogP contribution in [0.15, 0.2) is 122 Å². The number of hydrogen-bond acceptors (Lipinski definition) is 8. The lowest BCUT2D eigenvalue weighted by atomic mass is 10.1. The highest BCUT2D eigenvalue weighted by molar-refractivity contribution is 7.47. The summed E-state index contributed by atoms with van der Waals surface area (Å²) in [5.41, 5.74) is 5.38. The molecule has 2 unspecified atom stereocenters. The van der Waals surface area contributed by atoms with Gasteiger partial charge in [0.1, 0.15) is 6.61 Å². The maximum atomic E-state index is 12.7. The summed E-state index contributed by atoms with van der Waals surface area (Å²) in [6, 6.07) is 0. The Bertz CT molecular complexity index is 1640. The van der Waals surface area contributed by atoms with Crippen LogP contribution < -0.4 is 5.73 Å². The van der Waals surface area contributed by atoms with Gasteiger partial charge in [0.2, 0.25) is 0 Å². The third-order valence-corrected chi connectivity index (χ3v) is 13.3. The number of phosphoric acid groups is 1. The molecule has 0 aliphatic heterocycles. The average molecular weight is 1060 g/mol. The smallest absolute Gasteiger partial charge is 0.462 e. The first-order chi connectivity index (χ1) is 36.8. The van der Waals surface area contributed by atoms with Crippen molar-refractivity contribution in [1.82, 2.24) is 0 Å². The van der Waals surface area contributed by atoms with Crippen molar-refractivity contribution in [3.8, 4) is 0 Å². The Morgan fingerprint density at radius 2 is 0.733 bits per heavy atom. The second-order valence-corrected chi connectivity index (χ2v) is 20.9. The second-order valence-electron chi connectivity index (χ2n) is 19.5. The van der Waals surface area contributed by atoms with Gasteiger partial charge in [0.05, 0.1) is 13.2 Å². The van der Waals surface area contributed by atoms with Crippen LogP contribution >= 0.6 is 7.82 Å². The fourth-order valence-electron chi connectivity index (χ4n) is 7.92. The highest BCUT2D eigenvalue weighted by Gasteiger charge is 2.26. The Balaban J connectivity index is 4.07. The highest BCUT2D eigenvalue weighted by Crippen LogP contribution is 2.43. The number of unbranched alkanes of at least 4 members (excludes halogenated alkanes) is 22. The summed E-state index contributed by atoms with van der Waals surface area (Å²) in [6.45, 7) is 3.60. The number of ether oxygens (including phenoxy) is 2. The van der Waals surface area contributed by atoms with E-state index in [9.17, 15) is 19.0 Å². The van der Waals surface area contributed by atoms with E-state index >= 15 is 0 Å². The Labute approximate surface area is 460 Å². The van der Waals surface area contributed by atoms with E-state index in [2.05, 4.69) is 135 Å². The highest BCUT2D eigenvalue weighted by atomic mass is 31.2. The van der Waals surface area contributed by atoms with Gasteiger partial charge in [-0.1, -0.05) is 245 Å². The molecule has 0 rings (SSSR count). The zero-order valence-electron chi connectivity index (χ0n) is 47.7. The molecule has 0 fully saturated rings. The molecule has 0 aromatic carbocycles. The lowest BCUT2D eigenvalue weighted by molar-refractivity contribution is -0.161. The molecule has 10 heteroatoms. The molecule has 9 nitrogen and oxygen atoms in total. The summed E-state index contributed by atoms with van der Waals surface area (Å²) < 4.78 is 33.0. The first kappa shape index (κ1) is 71.4. The minimum atomic E-state index is -4.40. The number of carbonyl (C=O) groups excluding carboxylic acids is 2. The van der Waals surface area contributed by atoms with E-state index < -0.39 is 32.5 Å². The Hall–Kier alpha value is -3.59. The Kier molecular flexibility index (Phi) is 56.8. The predicted molar refractivity (Wildman–Crippen MR) is 321 cm³/mol. The van der Waals surface area contributed by atoms with Gasteiger partial charge in [-0.05, 0) is 109 Å². The van der Waals surface area contributed by atoms with Crippen LogP contribution in [0.4, 0.5) is 0 Å². The van der Waals surface area contributed by atoms with E-state index in [0.717, 1.165) is 109 Å². The van der Waals surface area contributed by atoms with Gasteiger partial charge in [0.15, 0.2) is 6.10 Å². The molecule has 0 saturated carbocycles. The van der Waals surface area contributed by atoms with E-state index in [-0.39, 0.29) is 32.6 Å². The molecule has 2 atom stereocenters. The Morgan fingerprint density at radius 3 is 1.11 bits per heavy atom. The number of nitrogens with two attached hydrogens (primary N) is 1. The topological polar surface area (TPSA) is 134 Å². The van der Waals surface area contributed by atoms with Gasteiger partial charge in [0, 0.05) is 19.4 Å². The van der Waals surface area contributed by atoms with Crippen LogP contribution in [0.5, 0.6) is 0 Å². The van der Waals surface area contributed by atoms with Gasteiger partial charge in [-0.3, -0.25) is 18.6 Å². The fourth-order valence-corrected chi connectivity index (χ4v) is 8.68. The molecule has 0 amide bonds. The van der Waals surface area contributed by atoms with Gasteiger partial charge in [0.25, 0.3) is 0 Å². The van der Waals surface area contributed by atoms with Crippen molar-refractivity contribution in [3.05, 3.63) is 122 Å². The summed E-state index contributed by atoms with van der Waals surface area (Å²) in [6.07, 6.45) is 82.5. The molecule has 0 heterocycles. The normalized spacial score (nSPS) is 13.9. The van der Waals surface area contributed by atoms with Gasteiger partial charge in [-0.2, -0.15) is 0 Å². The van der Waals surface area contributed by atoms with Crippen molar-refractivity contribution in [2.45, 2.75) is 251 Å². The number of phosphoric ester groups is 1. The molecule has 0 saturated heterocycles. The SMILES string of the molecule is CC/C=C\C/C=C\C/C=C\C/C=C\C/C=C\C/C=C\C/C=C\C/C=C\C/C=C\CCCCCCCC(=O)OC(COC(=O)CCCCCCCCCCC/C=C\CCCCCCCCCC)COP(=O)(O)OCCN. The second kappa shape index (κ2) is 59.7. The van der Waals surface area contributed by atoms with Crippen LogP contribution in [0.3, 0.4) is 0 Å². The van der Waals surface area contributed by atoms with Gasteiger partial charge < -0.3 is 20.1 Å². The minimum absolute atomic E-state index is 0.0437. The zero-order chi connectivity index (χ0) is 54.5. The van der Waals surface area contributed by atoms with Crippen LogP contribution in [0.2, 0.25) is 0 Å². The lowest BCUT2D eigenvalue weighted by Gasteiger charge is -2.19. The molecule has 0 aliphatic carbocycles. The van der Waals surface area contributed by atoms with Crippen molar-refractivity contribution in [1.29, 1.82) is 0 Å². The lowest BCUT2D eigenvalue weighted by Crippen LogP contribution is -2.29. The van der Waals surface area contributed by atoms with Crippen molar-refractivity contribution in [3.63, 3.8) is 0 Å². The van der Waals surface area contributed by atoms with Crippen molar-refractivity contribution in [2.75, 3.05) is 26.4 Å². The van der Waals surface area contributed by atoms with Gasteiger partial charge in [-0.25, -0.2) is 4.57 Å². The van der Waals surface area contributed by atoms with Crippen molar-refractivity contribution < 1.29 is 37.6 Å². The monoisotopic (exact) mass is 1060 g/mol. The molecule has 75 heavy (non-hydrogen) atoms. The van der Waals surface area contributed by atoms with E-state index in [4.69, 9.17) is 24.3 Å². The van der Waals surface area contributed by atoms with Crippen molar-refractivity contribution >= 4 is 19.8 Å². The third kappa shape index (κ3) is 59.5. The summed E-state index contributed by atoms with van der Waals surface area (Å²) in [5.74, 6) is -0.856. The summed E-state index contributed by atoms with van der Waals surface area (Å²) >= 11 is 0. The van der Waals surface area contributed by atoms with Crippen LogP contribution in [0.25, 0.3) is 0 Å². The Morgan fingerprint density at radius 1 is 0.413 bits per heavy atom. The summed E-state index contributed by atoms with van der Waals surface area (Å²) in [7, 11) is -4.40. The van der Waals surface area contributed by atoms with E-state index in [1.165, 1.54) is 103 Å². The minimum Gasteiger partial charge on any atom is -0.462 e. The molecule has 0 aromatic heterocycles. The summed E-state index contributed by atoms with van der Waals surface area (Å²) in [4.78, 5) is 35.2. The van der Waals surface area contributed by atoms with Crippen LogP contribution in [-0.4, -0.2) is 49.3 Å². The average Bonchev–Trinajstić information content (AvgIpc) is 3.40. The maximum Gasteiger partial charge on any atom is 0.472 e. The van der Waals surface area contributed by atoms with E-state index in [1.807, 2.05) is 0 Å². The van der Waals surface area contributed by atoms with Gasteiger partial charge in [-0.15, -0.1) is 0 Å². The summed E-state index contributed by atoms with van der Waals surface area (Å²) in [5, 5.41) is 0. The third-order valence-electron chi connectivity index (χ3n) is 12.3. The number of hydrogen-bond donors (Lipinski definition) is 2. The van der Waals surface area contributed by atoms with E-state index in [0.29, 0.717) is 6.42 Å². The maximum absolute atomic E-state index is 12.7. The standard InChI is InChI=1S/C65H110NO8P/c1-3-5-7-9-11-13-15-17-19-21-23-25-26-27-28-29-30-31-32-33-34-35-36-38-40-42-44-46-48-50-52-54-56-58-65(68)74-63(62-73-75(69,70)72-60-59-66)61-71-64(67)57-55-53-51-49-47-45-43-41-39-37-24-22-20-18-16-14-12-10-8-6-4-2/h5,7,11,13,17,19,22-25,27-28,30-31,33-34,36,38,42,44,63H,3-4,6,8-10,12,14-16,18,20-21,26,29,32,35,37,39-41,43,45-62,66H2,1-2H3,(H,69,70)/b7-5-,13-11-,19-17-,24-22-,25-23-,28-27-,31-30-,34-33-,38-36-,44-42-. The number of esters is 2. The number of rotatable bonds is 55. The first-order valence-corrected chi connectivity index (χ1v) is 31.5. The largest absolute Gasteiger partial charge is 0.472 e. The molecule has 428 valence electrons. The number of allylic oxidation sites excluding steroid dienone is 20. The van der Waals surface area contributed by atoms with Crippen LogP contribution in [0, 0.1) is 0 Å². The van der Waals surface area contributed by atoms with Crippen molar-refractivity contribution in [2.24, 2.45) is 5.73 Å². The van der Waals surface area contributed by atoms with Gasteiger partial charge >= 0.3 is 19.8 Å². The molecule has 0 bridgehead atoms. The van der Waals surface area contributed by atoms with Crippen LogP contribution in [-0.2, 0) is 32.7 Å². The molecular formula is C65H110NO8P. The fraction of sp³-hybridized carbons (Fsp3) is 0.662. The molecule has 0 aromatic rings. The predicted octanol–water partition coefficient (Wildman–Crippen LogP) is 19.2. The number of carbonyl (C=O) groups is 2. The molecule has 0 aliphatic rings. The molecule has 0 radical (unpaired) electrons.